The lowest BCUT2D eigenvalue weighted by Gasteiger charge is -2.08. The molecule has 7 heteroatoms. The van der Waals surface area contributed by atoms with Gasteiger partial charge >= 0.3 is 0 Å². The monoisotopic (exact) mass is 352 g/mol. The molecule has 0 aliphatic rings. The van der Waals surface area contributed by atoms with Crippen LogP contribution in [0, 0.1) is 13.8 Å². The van der Waals surface area contributed by atoms with Crippen molar-refractivity contribution in [2.45, 2.75) is 13.8 Å². The fourth-order valence-corrected chi connectivity index (χ4v) is 2.26. The summed E-state index contributed by atoms with van der Waals surface area (Å²) in [5.41, 5.74) is 9.17. The fourth-order valence-electron chi connectivity index (χ4n) is 1.82. The molecular formula is C16H18Cl2N4O. The first kappa shape index (κ1) is 17.4. The summed E-state index contributed by atoms with van der Waals surface area (Å²) in [5.74, 6) is 0.652. The maximum absolute atomic E-state index is 5.96. The van der Waals surface area contributed by atoms with Crippen molar-refractivity contribution in [3.8, 4) is 5.88 Å². The summed E-state index contributed by atoms with van der Waals surface area (Å²) in [4.78, 5) is 8.19. The van der Waals surface area contributed by atoms with Gasteiger partial charge in [0.15, 0.2) is 5.96 Å². The average Bonchev–Trinajstić information content (AvgIpc) is 2.49. The first-order valence-corrected chi connectivity index (χ1v) is 7.79. The molecule has 0 aliphatic heterocycles. The summed E-state index contributed by atoms with van der Waals surface area (Å²) in [6.45, 7) is 4.79. The van der Waals surface area contributed by atoms with Crippen molar-refractivity contribution in [3.05, 3.63) is 51.6 Å². The molecule has 0 amide bonds. The topological polar surface area (TPSA) is 72.5 Å². The SMILES string of the molecule is Cc1ccc(NC(N)=NCCOc2ncc(Cl)cc2Cl)cc1C. The normalized spacial score (nSPS) is 11.4. The van der Waals surface area contributed by atoms with E-state index in [0.717, 1.165) is 5.69 Å². The molecule has 2 rings (SSSR count). The predicted octanol–water partition coefficient (Wildman–Crippen LogP) is 3.81. The third kappa shape index (κ3) is 5.30. The van der Waals surface area contributed by atoms with E-state index in [-0.39, 0.29) is 0 Å². The summed E-state index contributed by atoms with van der Waals surface area (Å²) in [6, 6.07) is 7.58. The minimum Gasteiger partial charge on any atom is -0.475 e. The predicted molar refractivity (Wildman–Crippen MR) is 95.8 cm³/mol. The van der Waals surface area contributed by atoms with Crippen molar-refractivity contribution >= 4 is 34.8 Å². The number of halogens is 2. The van der Waals surface area contributed by atoms with Crippen LogP contribution in [0.4, 0.5) is 5.69 Å². The van der Waals surface area contributed by atoms with Crippen molar-refractivity contribution in [1.29, 1.82) is 0 Å². The number of anilines is 1. The Hall–Kier alpha value is -1.98. The second-order valence-electron chi connectivity index (χ2n) is 4.98. The first-order chi connectivity index (χ1) is 11.0. The molecule has 1 aromatic carbocycles. The van der Waals surface area contributed by atoms with E-state index in [1.54, 1.807) is 6.07 Å². The fraction of sp³-hybridized carbons (Fsp3) is 0.250. The van der Waals surface area contributed by atoms with E-state index < -0.39 is 0 Å². The summed E-state index contributed by atoms with van der Waals surface area (Å²) in [7, 11) is 0. The zero-order chi connectivity index (χ0) is 16.8. The lowest BCUT2D eigenvalue weighted by molar-refractivity contribution is 0.316. The largest absolute Gasteiger partial charge is 0.475 e. The van der Waals surface area contributed by atoms with E-state index in [1.807, 2.05) is 25.1 Å². The molecule has 122 valence electrons. The van der Waals surface area contributed by atoms with Crippen molar-refractivity contribution in [2.75, 3.05) is 18.5 Å². The van der Waals surface area contributed by atoms with Crippen molar-refractivity contribution < 1.29 is 4.74 Å². The molecule has 0 saturated carbocycles. The number of pyridine rings is 1. The van der Waals surface area contributed by atoms with Gasteiger partial charge in [-0.05, 0) is 43.2 Å². The van der Waals surface area contributed by atoms with Crippen LogP contribution in [0.25, 0.3) is 0 Å². The summed E-state index contributed by atoms with van der Waals surface area (Å²) < 4.78 is 5.44. The Bertz CT molecular complexity index is 719. The van der Waals surface area contributed by atoms with E-state index in [0.29, 0.717) is 35.0 Å². The van der Waals surface area contributed by atoms with Gasteiger partial charge in [-0.25, -0.2) is 9.98 Å². The van der Waals surface area contributed by atoms with E-state index in [4.69, 9.17) is 33.7 Å². The number of hydrogen-bond acceptors (Lipinski definition) is 3. The number of aromatic nitrogens is 1. The molecule has 3 N–H and O–H groups in total. The highest BCUT2D eigenvalue weighted by Gasteiger charge is 2.03. The van der Waals surface area contributed by atoms with Crippen molar-refractivity contribution in [1.82, 2.24) is 4.98 Å². The Morgan fingerprint density at radius 3 is 2.74 bits per heavy atom. The van der Waals surface area contributed by atoms with Crippen LogP contribution in [0.2, 0.25) is 10.0 Å². The Balaban J connectivity index is 1.83. The van der Waals surface area contributed by atoms with Crippen LogP contribution in [0.5, 0.6) is 5.88 Å². The number of ether oxygens (including phenoxy) is 1. The maximum atomic E-state index is 5.96. The second-order valence-corrected chi connectivity index (χ2v) is 5.82. The minimum absolute atomic E-state index is 0.309. The molecule has 0 unspecified atom stereocenters. The van der Waals surface area contributed by atoms with Gasteiger partial charge in [-0.2, -0.15) is 0 Å². The highest BCUT2D eigenvalue weighted by Crippen LogP contribution is 2.24. The quantitative estimate of drug-likeness (QED) is 0.487. The third-order valence-electron chi connectivity index (χ3n) is 3.17. The maximum Gasteiger partial charge on any atom is 0.232 e. The first-order valence-electron chi connectivity index (χ1n) is 7.04. The number of hydrogen-bond donors (Lipinski definition) is 2. The van der Waals surface area contributed by atoms with Crippen LogP contribution in [-0.2, 0) is 0 Å². The Morgan fingerprint density at radius 1 is 1.26 bits per heavy atom. The second kappa shape index (κ2) is 8.04. The molecule has 1 heterocycles. The summed E-state index contributed by atoms with van der Waals surface area (Å²) in [5, 5.41) is 3.86. The number of guanidine groups is 1. The molecule has 2 aromatic rings. The Kier molecular flexibility index (Phi) is 6.07. The molecule has 0 atom stereocenters. The number of benzene rings is 1. The van der Waals surface area contributed by atoms with Gasteiger partial charge in [0.25, 0.3) is 0 Å². The molecular weight excluding hydrogens is 335 g/mol. The van der Waals surface area contributed by atoms with Crippen LogP contribution in [0.3, 0.4) is 0 Å². The molecule has 0 fully saturated rings. The molecule has 23 heavy (non-hydrogen) atoms. The van der Waals surface area contributed by atoms with Crippen LogP contribution in [0.15, 0.2) is 35.5 Å². The van der Waals surface area contributed by atoms with Crippen LogP contribution in [-0.4, -0.2) is 24.1 Å². The van der Waals surface area contributed by atoms with Gasteiger partial charge in [0.1, 0.15) is 11.6 Å². The van der Waals surface area contributed by atoms with Gasteiger partial charge in [0, 0.05) is 11.9 Å². The molecule has 0 spiro atoms. The number of nitrogens with one attached hydrogen (secondary N) is 1. The number of aryl methyl sites for hydroxylation is 2. The molecule has 1 aromatic heterocycles. The van der Waals surface area contributed by atoms with E-state index in [9.17, 15) is 0 Å². The standard InChI is InChI=1S/C16H18Cl2N4O/c1-10-3-4-13(7-11(10)2)22-16(19)20-5-6-23-15-14(18)8-12(17)9-21-15/h3-4,7-9H,5-6H2,1-2H3,(H3,19,20,22). The van der Waals surface area contributed by atoms with Crippen molar-refractivity contribution in [2.24, 2.45) is 10.7 Å². The van der Waals surface area contributed by atoms with E-state index >= 15 is 0 Å². The molecule has 0 radical (unpaired) electrons. The number of nitrogens with two attached hydrogens (primary N) is 1. The van der Waals surface area contributed by atoms with Gasteiger partial charge in [-0.3, -0.25) is 0 Å². The van der Waals surface area contributed by atoms with E-state index in [1.165, 1.54) is 17.3 Å². The zero-order valence-electron chi connectivity index (χ0n) is 12.9. The molecule has 5 nitrogen and oxygen atoms in total. The Labute approximate surface area is 145 Å². The van der Waals surface area contributed by atoms with Crippen LogP contribution in [0.1, 0.15) is 11.1 Å². The summed E-state index contributed by atoms with van der Waals surface area (Å²) in [6.07, 6.45) is 1.47. The zero-order valence-corrected chi connectivity index (χ0v) is 14.4. The number of aliphatic imine (C=N–C) groups is 1. The lowest BCUT2D eigenvalue weighted by Crippen LogP contribution is -2.23. The van der Waals surface area contributed by atoms with Crippen molar-refractivity contribution in [3.63, 3.8) is 0 Å². The molecule has 0 saturated heterocycles. The number of nitrogens with zero attached hydrogens (tertiary/aromatic N) is 2. The average molecular weight is 353 g/mol. The van der Waals surface area contributed by atoms with Gasteiger partial charge < -0.3 is 15.8 Å². The smallest absolute Gasteiger partial charge is 0.232 e. The highest BCUT2D eigenvalue weighted by atomic mass is 35.5. The van der Waals surface area contributed by atoms with Gasteiger partial charge in [0.05, 0.1) is 11.6 Å². The van der Waals surface area contributed by atoms with Gasteiger partial charge in [-0.1, -0.05) is 29.3 Å². The number of rotatable bonds is 5. The lowest BCUT2D eigenvalue weighted by atomic mass is 10.1. The van der Waals surface area contributed by atoms with Gasteiger partial charge in [-0.15, -0.1) is 0 Å². The Morgan fingerprint density at radius 2 is 2.04 bits per heavy atom. The minimum atomic E-state index is 0.309. The van der Waals surface area contributed by atoms with Gasteiger partial charge in [0.2, 0.25) is 5.88 Å². The highest BCUT2D eigenvalue weighted by molar-refractivity contribution is 6.35. The third-order valence-corrected chi connectivity index (χ3v) is 3.64. The molecule has 0 bridgehead atoms. The van der Waals surface area contributed by atoms with Crippen LogP contribution < -0.4 is 15.8 Å². The molecule has 0 aliphatic carbocycles. The van der Waals surface area contributed by atoms with E-state index in [2.05, 4.69) is 22.2 Å². The van der Waals surface area contributed by atoms with Crippen LogP contribution >= 0.6 is 23.2 Å². The summed E-state index contributed by atoms with van der Waals surface area (Å²) >= 11 is 11.7.